The third-order valence-electron chi connectivity index (χ3n) is 1.75. The molecule has 0 saturated carbocycles. The lowest BCUT2D eigenvalue weighted by atomic mass is 10.2. The predicted octanol–water partition coefficient (Wildman–Crippen LogP) is 2.84. The molecule has 1 aromatic carbocycles. The van der Waals surface area contributed by atoms with E-state index in [0.29, 0.717) is 0 Å². The van der Waals surface area contributed by atoms with Gasteiger partial charge in [-0.2, -0.15) is 0 Å². The zero-order chi connectivity index (χ0) is 8.55. The van der Waals surface area contributed by atoms with Crippen molar-refractivity contribution < 1.29 is 9.47 Å². The minimum atomic E-state index is -0.169. The SMILES string of the molecule is CC1OC(c2cccc(Br)c2)O1. The molecule has 2 rings (SSSR count). The Balaban J connectivity index is 2.13. The summed E-state index contributed by atoms with van der Waals surface area (Å²) in [4.78, 5) is 0. The van der Waals surface area contributed by atoms with Crippen molar-refractivity contribution in [3.05, 3.63) is 34.3 Å². The average molecular weight is 229 g/mol. The topological polar surface area (TPSA) is 18.5 Å². The molecule has 0 atom stereocenters. The van der Waals surface area contributed by atoms with Crippen LogP contribution < -0.4 is 0 Å². The standard InChI is InChI=1S/C9H9BrO2/c1-6-11-9(12-6)7-3-2-4-8(10)5-7/h2-6,9H,1H3. The Hall–Kier alpha value is -0.380. The van der Waals surface area contributed by atoms with Crippen LogP contribution in [-0.2, 0) is 9.47 Å². The van der Waals surface area contributed by atoms with E-state index < -0.39 is 0 Å². The first kappa shape index (κ1) is 8.23. The molecule has 0 radical (unpaired) electrons. The fourth-order valence-electron chi connectivity index (χ4n) is 1.17. The number of ether oxygens (including phenoxy) is 2. The van der Waals surface area contributed by atoms with Gasteiger partial charge in [-0.25, -0.2) is 0 Å². The van der Waals surface area contributed by atoms with Crippen LogP contribution >= 0.6 is 15.9 Å². The molecule has 1 aliphatic heterocycles. The highest BCUT2D eigenvalue weighted by Crippen LogP contribution is 2.32. The van der Waals surface area contributed by atoms with Crippen molar-refractivity contribution >= 4 is 15.9 Å². The fourth-order valence-corrected chi connectivity index (χ4v) is 1.59. The van der Waals surface area contributed by atoms with Crippen molar-refractivity contribution in [3.8, 4) is 0 Å². The van der Waals surface area contributed by atoms with Crippen LogP contribution in [0.3, 0.4) is 0 Å². The molecule has 1 heterocycles. The van der Waals surface area contributed by atoms with Crippen LogP contribution in [0.5, 0.6) is 0 Å². The summed E-state index contributed by atoms with van der Waals surface area (Å²) < 4.78 is 11.7. The molecule has 12 heavy (non-hydrogen) atoms. The highest BCUT2D eigenvalue weighted by molar-refractivity contribution is 9.10. The molecule has 0 N–H and O–H groups in total. The van der Waals surface area contributed by atoms with Gasteiger partial charge in [-0.3, -0.25) is 0 Å². The number of hydrogen-bond donors (Lipinski definition) is 0. The first-order valence-electron chi connectivity index (χ1n) is 3.82. The summed E-state index contributed by atoms with van der Waals surface area (Å²) in [6.45, 7) is 1.88. The summed E-state index contributed by atoms with van der Waals surface area (Å²) >= 11 is 3.39. The molecule has 0 aromatic heterocycles. The summed E-state index contributed by atoms with van der Waals surface area (Å²) in [5, 5.41) is 0. The van der Waals surface area contributed by atoms with E-state index >= 15 is 0 Å². The first-order chi connectivity index (χ1) is 5.75. The second-order valence-corrected chi connectivity index (χ2v) is 3.64. The van der Waals surface area contributed by atoms with Gasteiger partial charge in [-0.1, -0.05) is 28.1 Å². The monoisotopic (exact) mass is 228 g/mol. The maximum Gasteiger partial charge on any atom is 0.189 e. The van der Waals surface area contributed by atoms with E-state index in [1.807, 2.05) is 31.2 Å². The Bertz CT molecular complexity index is 282. The molecule has 0 aliphatic carbocycles. The molecule has 1 fully saturated rings. The van der Waals surface area contributed by atoms with Gasteiger partial charge < -0.3 is 9.47 Å². The van der Waals surface area contributed by atoms with E-state index in [1.165, 1.54) is 0 Å². The quantitative estimate of drug-likeness (QED) is 0.737. The smallest absolute Gasteiger partial charge is 0.189 e. The molecule has 1 saturated heterocycles. The van der Waals surface area contributed by atoms with Crippen LogP contribution in [0.1, 0.15) is 18.8 Å². The molecule has 0 bridgehead atoms. The third-order valence-corrected chi connectivity index (χ3v) is 2.24. The predicted molar refractivity (Wildman–Crippen MR) is 48.5 cm³/mol. The van der Waals surface area contributed by atoms with E-state index in [1.54, 1.807) is 0 Å². The van der Waals surface area contributed by atoms with Gasteiger partial charge in [0.25, 0.3) is 0 Å². The van der Waals surface area contributed by atoms with Crippen molar-refractivity contribution in [1.82, 2.24) is 0 Å². The number of halogens is 1. The van der Waals surface area contributed by atoms with Gasteiger partial charge in [0, 0.05) is 10.0 Å². The van der Waals surface area contributed by atoms with E-state index in [0.717, 1.165) is 10.0 Å². The van der Waals surface area contributed by atoms with Gasteiger partial charge in [-0.15, -0.1) is 0 Å². The van der Waals surface area contributed by atoms with Crippen LogP contribution in [0, 0.1) is 0 Å². The zero-order valence-electron chi connectivity index (χ0n) is 6.66. The number of hydrogen-bond acceptors (Lipinski definition) is 2. The first-order valence-corrected chi connectivity index (χ1v) is 4.61. The Morgan fingerprint density at radius 2 is 2.08 bits per heavy atom. The van der Waals surface area contributed by atoms with E-state index in [9.17, 15) is 0 Å². The summed E-state index contributed by atoms with van der Waals surface area (Å²) in [5.74, 6) is 0. The Kier molecular flexibility index (Phi) is 2.17. The van der Waals surface area contributed by atoms with Crippen molar-refractivity contribution in [2.45, 2.75) is 19.5 Å². The lowest BCUT2D eigenvalue weighted by Gasteiger charge is -2.33. The lowest BCUT2D eigenvalue weighted by Crippen LogP contribution is -2.31. The molecule has 0 amide bonds. The minimum absolute atomic E-state index is 0.0611. The van der Waals surface area contributed by atoms with Crippen LogP contribution in [0.25, 0.3) is 0 Å². The molecule has 0 unspecified atom stereocenters. The van der Waals surface area contributed by atoms with Crippen LogP contribution in [0.15, 0.2) is 28.7 Å². The Morgan fingerprint density at radius 3 is 2.67 bits per heavy atom. The third kappa shape index (κ3) is 1.53. The number of rotatable bonds is 1. The highest BCUT2D eigenvalue weighted by atomic mass is 79.9. The molecular formula is C9H9BrO2. The van der Waals surface area contributed by atoms with E-state index in [4.69, 9.17) is 9.47 Å². The molecule has 1 aliphatic rings. The summed E-state index contributed by atoms with van der Waals surface area (Å²) in [6, 6.07) is 7.93. The molecule has 1 aromatic rings. The van der Waals surface area contributed by atoms with E-state index in [-0.39, 0.29) is 12.6 Å². The van der Waals surface area contributed by atoms with Gasteiger partial charge in [-0.05, 0) is 19.1 Å². The van der Waals surface area contributed by atoms with Crippen LogP contribution in [-0.4, -0.2) is 6.29 Å². The Labute approximate surface area is 79.6 Å². The normalized spacial score (nSPS) is 28.2. The lowest BCUT2D eigenvalue weighted by molar-refractivity contribution is -0.382. The largest absolute Gasteiger partial charge is 0.320 e. The summed E-state index contributed by atoms with van der Waals surface area (Å²) in [6.07, 6.45) is -0.230. The van der Waals surface area contributed by atoms with E-state index in [2.05, 4.69) is 15.9 Å². The average Bonchev–Trinajstić information content (AvgIpc) is 1.99. The second kappa shape index (κ2) is 3.17. The minimum Gasteiger partial charge on any atom is -0.320 e. The van der Waals surface area contributed by atoms with Crippen LogP contribution in [0.2, 0.25) is 0 Å². The van der Waals surface area contributed by atoms with Gasteiger partial charge in [0.05, 0.1) is 0 Å². The van der Waals surface area contributed by atoms with Crippen molar-refractivity contribution in [3.63, 3.8) is 0 Å². The van der Waals surface area contributed by atoms with Crippen molar-refractivity contribution in [1.29, 1.82) is 0 Å². The van der Waals surface area contributed by atoms with Gasteiger partial charge in [0.2, 0.25) is 0 Å². The molecule has 0 spiro atoms. The molecule has 2 nitrogen and oxygen atoms in total. The van der Waals surface area contributed by atoms with Crippen LogP contribution in [0.4, 0.5) is 0 Å². The molecule has 3 heteroatoms. The zero-order valence-corrected chi connectivity index (χ0v) is 8.24. The fraction of sp³-hybridized carbons (Fsp3) is 0.333. The van der Waals surface area contributed by atoms with Crippen molar-refractivity contribution in [2.24, 2.45) is 0 Å². The second-order valence-electron chi connectivity index (χ2n) is 2.73. The maximum atomic E-state index is 5.34. The molecule has 64 valence electrons. The van der Waals surface area contributed by atoms with Crippen molar-refractivity contribution in [2.75, 3.05) is 0 Å². The number of benzene rings is 1. The Morgan fingerprint density at radius 1 is 1.33 bits per heavy atom. The highest BCUT2D eigenvalue weighted by Gasteiger charge is 2.28. The van der Waals surface area contributed by atoms with Gasteiger partial charge in [0.1, 0.15) is 0 Å². The summed E-state index contributed by atoms with van der Waals surface area (Å²) in [7, 11) is 0. The summed E-state index contributed by atoms with van der Waals surface area (Å²) in [5.41, 5.74) is 1.06. The maximum absolute atomic E-state index is 5.34. The molecular weight excluding hydrogens is 220 g/mol. The van der Waals surface area contributed by atoms with Gasteiger partial charge in [0.15, 0.2) is 12.6 Å². The van der Waals surface area contributed by atoms with Gasteiger partial charge >= 0.3 is 0 Å².